The van der Waals surface area contributed by atoms with E-state index < -0.39 is 11.5 Å². The fourth-order valence-electron chi connectivity index (χ4n) is 2.50. The fourth-order valence-corrected chi connectivity index (χ4v) is 2.50. The molecule has 0 radical (unpaired) electrons. The summed E-state index contributed by atoms with van der Waals surface area (Å²) in [6.07, 6.45) is 1.83. The lowest BCUT2D eigenvalue weighted by atomic mass is 10.1. The van der Waals surface area contributed by atoms with Gasteiger partial charge in [0, 0.05) is 18.4 Å². The van der Waals surface area contributed by atoms with Crippen molar-refractivity contribution in [1.82, 2.24) is 15.4 Å². The van der Waals surface area contributed by atoms with Crippen molar-refractivity contribution in [3.63, 3.8) is 0 Å². The molecule has 2 rings (SSSR count). The Labute approximate surface area is 139 Å². The molecule has 24 heavy (non-hydrogen) atoms. The molecule has 0 saturated heterocycles. The van der Waals surface area contributed by atoms with Crippen LogP contribution in [0.3, 0.4) is 0 Å². The fraction of sp³-hybridized carbons (Fsp3) is 0.353. The average molecular weight is 331 g/mol. The van der Waals surface area contributed by atoms with E-state index in [-0.39, 0.29) is 23.6 Å². The Balaban J connectivity index is 2.36. The molecule has 0 atom stereocenters. The van der Waals surface area contributed by atoms with Crippen molar-refractivity contribution in [3.8, 4) is 5.75 Å². The third-order valence-electron chi connectivity index (χ3n) is 3.76. The number of hydrogen-bond donors (Lipinski definition) is 3. The lowest BCUT2D eigenvalue weighted by Gasteiger charge is -2.13. The molecule has 0 unspecified atom stereocenters. The van der Waals surface area contributed by atoms with Crippen LogP contribution in [-0.2, 0) is 11.3 Å². The van der Waals surface area contributed by atoms with Crippen molar-refractivity contribution in [3.05, 3.63) is 40.2 Å². The number of rotatable bonds is 5. The van der Waals surface area contributed by atoms with Crippen molar-refractivity contribution in [2.75, 3.05) is 0 Å². The zero-order valence-corrected chi connectivity index (χ0v) is 13.8. The number of hydrazine groups is 1. The van der Waals surface area contributed by atoms with Crippen molar-refractivity contribution in [2.45, 2.75) is 39.7 Å². The van der Waals surface area contributed by atoms with Gasteiger partial charge in [-0.15, -0.1) is 0 Å². The lowest BCUT2D eigenvalue weighted by molar-refractivity contribution is -0.121. The number of aromatic nitrogens is 1. The van der Waals surface area contributed by atoms with Gasteiger partial charge in [-0.25, -0.2) is 0 Å². The zero-order valence-electron chi connectivity index (χ0n) is 13.8. The molecule has 7 heteroatoms. The molecule has 0 aliphatic rings. The van der Waals surface area contributed by atoms with E-state index in [0.29, 0.717) is 23.9 Å². The van der Waals surface area contributed by atoms with Crippen molar-refractivity contribution >= 4 is 22.7 Å². The molecule has 128 valence electrons. The summed E-state index contributed by atoms with van der Waals surface area (Å²) < 4.78 is 1.41. The molecule has 3 N–H and O–H groups in total. The SMILES string of the molecule is CCCCC(=O)NNC(=O)c1c(O)c2ccccc2n(CC)c1=O. The minimum Gasteiger partial charge on any atom is -0.506 e. The van der Waals surface area contributed by atoms with Gasteiger partial charge >= 0.3 is 0 Å². The van der Waals surface area contributed by atoms with Gasteiger partial charge in [-0.2, -0.15) is 0 Å². The van der Waals surface area contributed by atoms with E-state index >= 15 is 0 Å². The Morgan fingerprint density at radius 1 is 1.17 bits per heavy atom. The number of benzene rings is 1. The first-order valence-electron chi connectivity index (χ1n) is 7.94. The second kappa shape index (κ2) is 7.63. The van der Waals surface area contributed by atoms with Gasteiger partial charge in [-0.3, -0.25) is 25.2 Å². The largest absolute Gasteiger partial charge is 0.506 e. The van der Waals surface area contributed by atoms with Crippen LogP contribution in [0, 0.1) is 0 Å². The van der Waals surface area contributed by atoms with Gasteiger partial charge in [-0.05, 0) is 25.5 Å². The van der Waals surface area contributed by atoms with Crippen LogP contribution in [0.2, 0.25) is 0 Å². The number of nitrogens with zero attached hydrogens (tertiary/aromatic N) is 1. The number of aromatic hydroxyl groups is 1. The number of hydrogen-bond acceptors (Lipinski definition) is 4. The molecule has 2 amide bonds. The molecule has 0 saturated carbocycles. The molecule has 1 heterocycles. The summed E-state index contributed by atoms with van der Waals surface area (Å²) in [6, 6.07) is 6.79. The molecule has 0 spiro atoms. The molecule has 2 aromatic rings. The third-order valence-corrected chi connectivity index (χ3v) is 3.76. The molecule has 7 nitrogen and oxygen atoms in total. The molecule has 0 aliphatic heterocycles. The van der Waals surface area contributed by atoms with Crippen LogP contribution in [-0.4, -0.2) is 21.5 Å². The van der Waals surface area contributed by atoms with Gasteiger partial charge in [0.2, 0.25) is 5.91 Å². The number of fused-ring (bicyclic) bond motifs is 1. The second-order valence-corrected chi connectivity index (χ2v) is 5.40. The Kier molecular flexibility index (Phi) is 5.57. The minimum absolute atomic E-state index is 0.277. The molecular weight excluding hydrogens is 310 g/mol. The second-order valence-electron chi connectivity index (χ2n) is 5.40. The first-order chi connectivity index (χ1) is 11.5. The van der Waals surface area contributed by atoms with E-state index in [4.69, 9.17) is 0 Å². The van der Waals surface area contributed by atoms with Crippen LogP contribution in [0.5, 0.6) is 5.75 Å². The Bertz CT molecular complexity index is 826. The van der Waals surface area contributed by atoms with E-state index in [2.05, 4.69) is 10.9 Å². The maximum absolute atomic E-state index is 12.5. The Morgan fingerprint density at radius 2 is 1.88 bits per heavy atom. The van der Waals surface area contributed by atoms with Gasteiger partial charge in [0.15, 0.2) is 0 Å². The maximum Gasteiger partial charge on any atom is 0.279 e. The van der Waals surface area contributed by atoms with E-state index in [9.17, 15) is 19.5 Å². The number of nitrogens with one attached hydrogen (secondary N) is 2. The molecule has 0 fully saturated rings. The number of carbonyl (C=O) groups is 2. The number of para-hydroxylation sites is 1. The highest BCUT2D eigenvalue weighted by Gasteiger charge is 2.21. The normalized spacial score (nSPS) is 10.6. The molecule has 1 aromatic carbocycles. The number of amides is 2. The predicted octanol–water partition coefficient (Wildman–Crippen LogP) is 1.68. The average Bonchev–Trinajstić information content (AvgIpc) is 2.58. The van der Waals surface area contributed by atoms with E-state index in [1.165, 1.54) is 4.57 Å². The van der Waals surface area contributed by atoms with Crippen LogP contribution < -0.4 is 16.4 Å². The van der Waals surface area contributed by atoms with E-state index in [1.54, 1.807) is 31.2 Å². The summed E-state index contributed by atoms with van der Waals surface area (Å²) in [7, 11) is 0. The first kappa shape index (κ1) is 17.5. The standard InChI is InChI=1S/C17H21N3O4/c1-3-5-10-13(21)18-19-16(23)14-15(22)11-8-6-7-9-12(11)20(4-2)17(14)24/h6-9,22H,3-5,10H2,1-2H3,(H,18,21)(H,19,23). The zero-order chi connectivity index (χ0) is 17.7. The summed E-state index contributed by atoms with van der Waals surface area (Å²) in [4.78, 5) is 36.4. The van der Waals surface area contributed by atoms with E-state index in [0.717, 1.165) is 6.42 Å². The first-order valence-corrected chi connectivity index (χ1v) is 7.94. The quantitative estimate of drug-likeness (QED) is 0.726. The van der Waals surface area contributed by atoms with Crippen LogP contribution in [0.1, 0.15) is 43.5 Å². The summed E-state index contributed by atoms with van der Waals surface area (Å²) in [5, 5.41) is 10.7. The minimum atomic E-state index is -0.838. The topological polar surface area (TPSA) is 100 Å². The molecular formula is C17H21N3O4. The number of carbonyl (C=O) groups excluding carboxylic acids is 2. The Morgan fingerprint density at radius 3 is 2.54 bits per heavy atom. The van der Waals surface area contributed by atoms with Crippen LogP contribution in [0.25, 0.3) is 10.9 Å². The van der Waals surface area contributed by atoms with Gasteiger partial charge < -0.3 is 9.67 Å². The smallest absolute Gasteiger partial charge is 0.279 e. The molecule has 0 bridgehead atoms. The molecule has 0 aliphatic carbocycles. The van der Waals surface area contributed by atoms with Crippen molar-refractivity contribution in [2.24, 2.45) is 0 Å². The van der Waals surface area contributed by atoms with Crippen molar-refractivity contribution in [1.29, 1.82) is 0 Å². The van der Waals surface area contributed by atoms with Crippen LogP contribution in [0.4, 0.5) is 0 Å². The van der Waals surface area contributed by atoms with Gasteiger partial charge in [0.25, 0.3) is 11.5 Å². The summed E-state index contributed by atoms with van der Waals surface area (Å²) in [5.74, 6) is -1.57. The summed E-state index contributed by atoms with van der Waals surface area (Å²) in [5.41, 5.74) is 4.01. The number of aryl methyl sites for hydroxylation is 1. The molecule has 1 aromatic heterocycles. The lowest BCUT2D eigenvalue weighted by Crippen LogP contribution is -2.44. The number of unbranched alkanes of at least 4 members (excludes halogenated alkanes) is 1. The summed E-state index contributed by atoms with van der Waals surface area (Å²) in [6.45, 7) is 4.08. The monoisotopic (exact) mass is 331 g/mol. The maximum atomic E-state index is 12.5. The highest BCUT2D eigenvalue weighted by molar-refractivity contribution is 6.02. The van der Waals surface area contributed by atoms with Crippen LogP contribution in [0.15, 0.2) is 29.1 Å². The third kappa shape index (κ3) is 3.40. The van der Waals surface area contributed by atoms with Crippen LogP contribution >= 0.6 is 0 Å². The predicted molar refractivity (Wildman–Crippen MR) is 90.7 cm³/mol. The summed E-state index contributed by atoms with van der Waals surface area (Å²) >= 11 is 0. The number of pyridine rings is 1. The van der Waals surface area contributed by atoms with Gasteiger partial charge in [-0.1, -0.05) is 25.5 Å². The van der Waals surface area contributed by atoms with E-state index in [1.807, 2.05) is 6.92 Å². The van der Waals surface area contributed by atoms with Gasteiger partial charge in [0.05, 0.1) is 5.52 Å². The van der Waals surface area contributed by atoms with Crippen molar-refractivity contribution < 1.29 is 14.7 Å². The highest BCUT2D eigenvalue weighted by atomic mass is 16.3. The Hall–Kier alpha value is -2.83. The highest BCUT2D eigenvalue weighted by Crippen LogP contribution is 2.25. The van der Waals surface area contributed by atoms with Gasteiger partial charge in [0.1, 0.15) is 11.3 Å².